The van der Waals surface area contributed by atoms with Crippen molar-refractivity contribution in [2.24, 2.45) is 40.2 Å². The Morgan fingerprint density at radius 3 is 1.98 bits per heavy atom. The number of carbonyl (C=O) groups is 5. The minimum atomic E-state index is -3.60. The third kappa shape index (κ3) is 8.67. The Labute approximate surface area is 281 Å². The fourth-order valence-electron chi connectivity index (χ4n) is 7.47. The number of fused-ring (bicyclic) bond motifs is 1. The van der Waals surface area contributed by atoms with Gasteiger partial charge in [0.1, 0.15) is 12.1 Å². The number of ketones is 1. The van der Waals surface area contributed by atoms with Crippen LogP contribution in [0.4, 0.5) is 4.79 Å². The summed E-state index contributed by atoms with van der Waals surface area (Å²) in [6.07, 6.45) is 3.55. The smallest absolute Gasteiger partial charge is 0.315 e. The van der Waals surface area contributed by atoms with E-state index in [2.05, 4.69) is 16.0 Å². The van der Waals surface area contributed by atoms with E-state index in [9.17, 15) is 32.4 Å². The highest BCUT2D eigenvalue weighted by molar-refractivity contribution is 7.92. The van der Waals surface area contributed by atoms with E-state index in [0.717, 1.165) is 19.3 Å². The number of nitrogens with two attached hydrogens (primary N) is 1. The highest BCUT2D eigenvalue weighted by Gasteiger charge is 2.70. The van der Waals surface area contributed by atoms with Gasteiger partial charge in [0.2, 0.25) is 17.6 Å². The van der Waals surface area contributed by atoms with E-state index in [-0.39, 0.29) is 34.8 Å². The minimum absolute atomic E-state index is 0.0468. The van der Waals surface area contributed by atoms with Crippen molar-refractivity contribution in [1.29, 1.82) is 0 Å². The standard InChI is InChI=1S/C34H59N5O7S/c1-19(2)16-34(11,18-47(45,46)32(6,7)8)38-30(44)37-26(31(3,4)5)29(43)39-17-21-23(33(21,9)10)24(39)28(42)36-22(25(40)27(35)41)15-20-13-12-14-20/h19-24,26H,12-18H2,1-11H3,(H2,35,41)(H,36,42)(H2,37,38,44)/t21-,22?,23?,24-,26+,34-/m0/s1. The molecule has 5 amide bonds. The van der Waals surface area contributed by atoms with Gasteiger partial charge in [-0.25, -0.2) is 13.2 Å². The molecule has 0 aromatic rings. The van der Waals surface area contributed by atoms with Crippen LogP contribution in [0.5, 0.6) is 0 Å². The Kier molecular flexibility index (Phi) is 11.0. The van der Waals surface area contributed by atoms with Crippen LogP contribution in [0.2, 0.25) is 0 Å². The molecule has 2 unspecified atom stereocenters. The number of primary amides is 1. The fourth-order valence-corrected chi connectivity index (χ4v) is 8.94. The number of likely N-dealkylation sites (tertiary alicyclic amines) is 1. The number of Topliss-reactive ketones (excluding diaryl/α,β-unsaturated/α-hetero) is 1. The van der Waals surface area contributed by atoms with Crippen LogP contribution in [0, 0.1) is 34.5 Å². The number of amides is 5. The quantitative estimate of drug-likeness (QED) is 0.215. The molecule has 1 heterocycles. The van der Waals surface area contributed by atoms with Gasteiger partial charge in [-0.1, -0.05) is 67.7 Å². The summed E-state index contributed by atoms with van der Waals surface area (Å²) in [5.74, 6) is -3.02. The molecule has 47 heavy (non-hydrogen) atoms. The van der Waals surface area contributed by atoms with Crippen molar-refractivity contribution in [2.75, 3.05) is 12.3 Å². The first-order valence-corrected chi connectivity index (χ1v) is 18.6. The Hall–Kier alpha value is -2.70. The predicted molar refractivity (Wildman–Crippen MR) is 181 cm³/mol. The molecule has 3 fully saturated rings. The highest BCUT2D eigenvalue weighted by Crippen LogP contribution is 2.65. The molecule has 2 aliphatic carbocycles. The molecule has 12 nitrogen and oxygen atoms in total. The molecule has 268 valence electrons. The van der Waals surface area contributed by atoms with E-state index < -0.39 is 73.2 Å². The molecule has 1 aliphatic heterocycles. The van der Waals surface area contributed by atoms with Gasteiger partial charge >= 0.3 is 6.03 Å². The number of nitrogens with zero attached hydrogens (tertiary/aromatic N) is 1. The monoisotopic (exact) mass is 681 g/mol. The first kappa shape index (κ1) is 38.7. The third-order valence-corrected chi connectivity index (χ3v) is 13.4. The van der Waals surface area contributed by atoms with Gasteiger partial charge in [0.15, 0.2) is 9.84 Å². The fraction of sp³-hybridized carbons (Fsp3) is 0.853. The van der Waals surface area contributed by atoms with Crippen molar-refractivity contribution in [3.8, 4) is 0 Å². The van der Waals surface area contributed by atoms with Crippen LogP contribution in [-0.2, 0) is 29.0 Å². The van der Waals surface area contributed by atoms with E-state index >= 15 is 0 Å². The SMILES string of the molecule is CC(C)C[C@@](C)(CS(=O)(=O)C(C)(C)C)NC(=O)N[C@H](C(=O)N1C[C@H]2C([C@H]1C(=O)NC(CC1CCC1)C(=O)C(N)=O)C2(C)C)C(C)(C)C. The number of urea groups is 1. The molecule has 0 radical (unpaired) electrons. The molecule has 5 N–H and O–H groups in total. The van der Waals surface area contributed by atoms with Crippen molar-refractivity contribution in [3.63, 3.8) is 0 Å². The summed E-state index contributed by atoms with van der Waals surface area (Å²) in [6.45, 7) is 20.3. The van der Waals surface area contributed by atoms with Crippen LogP contribution in [0.15, 0.2) is 0 Å². The van der Waals surface area contributed by atoms with Gasteiger partial charge in [-0.3, -0.25) is 19.2 Å². The van der Waals surface area contributed by atoms with Crippen molar-refractivity contribution in [1.82, 2.24) is 20.9 Å². The number of hydrogen-bond donors (Lipinski definition) is 4. The van der Waals surface area contributed by atoms with Crippen LogP contribution < -0.4 is 21.7 Å². The Balaban J connectivity index is 1.86. The van der Waals surface area contributed by atoms with Crippen LogP contribution >= 0.6 is 0 Å². The number of nitrogens with one attached hydrogen (secondary N) is 3. The Morgan fingerprint density at radius 2 is 1.53 bits per heavy atom. The summed E-state index contributed by atoms with van der Waals surface area (Å²) in [5, 5.41) is 8.49. The summed E-state index contributed by atoms with van der Waals surface area (Å²) in [5.41, 5.74) is 3.23. The van der Waals surface area contributed by atoms with E-state index in [1.54, 1.807) is 27.7 Å². The summed E-state index contributed by atoms with van der Waals surface area (Å²) < 4.78 is 25.4. The van der Waals surface area contributed by atoms with E-state index in [0.29, 0.717) is 19.4 Å². The van der Waals surface area contributed by atoms with Gasteiger partial charge in [-0.2, -0.15) is 0 Å². The zero-order chi connectivity index (χ0) is 36.1. The zero-order valence-corrected chi connectivity index (χ0v) is 31.1. The molecule has 0 aromatic heterocycles. The predicted octanol–water partition coefficient (Wildman–Crippen LogP) is 2.93. The molecule has 6 atom stereocenters. The second kappa shape index (κ2) is 13.3. The van der Waals surface area contributed by atoms with Crippen LogP contribution in [0.3, 0.4) is 0 Å². The molecule has 3 rings (SSSR count). The largest absolute Gasteiger partial charge is 0.363 e. The van der Waals surface area contributed by atoms with Crippen LogP contribution in [-0.4, -0.2) is 83.6 Å². The highest BCUT2D eigenvalue weighted by atomic mass is 32.2. The van der Waals surface area contributed by atoms with Gasteiger partial charge < -0.3 is 26.6 Å². The number of rotatable bonds is 13. The molecule has 2 saturated carbocycles. The second-order valence-electron chi connectivity index (χ2n) is 17.6. The minimum Gasteiger partial charge on any atom is -0.363 e. The number of piperidine rings is 1. The van der Waals surface area contributed by atoms with Gasteiger partial charge in [-0.05, 0) is 75.0 Å². The molecular formula is C34H59N5O7S. The zero-order valence-electron chi connectivity index (χ0n) is 30.3. The number of carbonyl (C=O) groups excluding carboxylic acids is 5. The molecule has 0 spiro atoms. The molecule has 0 aromatic carbocycles. The summed E-state index contributed by atoms with van der Waals surface area (Å²) in [4.78, 5) is 68.0. The van der Waals surface area contributed by atoms with E-state index in [4.69, 9.17) is 5.73 Å². The van der Waals surface area contributed by atoms with Crippen molar-refractivity contribution in [3.05, 3.63) is 0 Å². The topological polar surface area (TPSA) is 185 Å². The van der Waals surface area contributed by atoms with Gasteiger partial charge in [0.05, 0.1) is 22.1 Å². The first-order chi connectivity index (χ1) is 21.2. The Bertz CT molecular complexity index is 1360. The summed E-state index contributed by atoms with van der Waals surface area (Å²) >= 11 is 0. The molecule has 0 bridgehead atoms. The van der Waals surface area contributed by atoms with Gasteiger partial charge in [0, 0.05) is 6.54 Å². The van der Waals surface area contributed by atoms with Crippen molar-refractivity contribution >= 4 is 39.4 Å². The lowest BCUT2D eigenvalue weighted by molar-refractivity contribution is -0.145. The number of hydrogen-bond acceptors (Lipinski definition) is 7. The van der Waals surface area contributed by atoms with Gasteiger partial charge in [0.25, 0.3) is 5.91 Å². The molecule has 3 aliphatic rings. The molecule has 13 heteroatoms. The summed E-state index contributed by atoms with van der Waals surface area (Å²) in [7, 11) is -3.60. The van der Waals surface area contributed by atoms with Crippen molar-refractivity contribution in [2.45, 2.75) is 137 Å². The third-order valence-electron chi connectivity index (χ3n) is 10.5. The summed E-state index contributed by atoms with van der Waals surface area (Å²) in [6, 6.07) is -3.69. The maximum atomic E-state index is 14.4. The van der Waals surface area contributed by atoms with Crippen LogP contribution in [0.1, 0.15) is 108 Å². The van der Waals surface area contributed by atoms with E-state index in [1.165, 1.54) is 4.90 Å². The molecule has 1 saturated heterocycles. The number of sulfone groups is 1. The van der Waals surface area contributed by atoms with E-state index in [1.807, 2.05) is 48.5 Å². The maximum absolute atomic E-state index is 14.4. The first-order valence-electron chi connectivity index (χ1n) is 17.0. The lowest BCUT2D eigenvalue weighted by atomic mass is 9.80. The molecular weight excluding hydrogens is 622 g/mol. The Morgan fingerprint density at radius 1 is 0.957 bits per heavy atom. The lowest BCUT2D eigenvalue weighted by Gasteiger charge is -2.39. The normalized spacial score (nSPS) is 25.1. The maximum Gasteiger partial charge on any atom is 0.315 e. The van der Waals surface area contributed by atoms with Crippen molar-refractivity contribution < 1.29 is 32.4 Å². The lowest BCUT2D eigenvalue weighted by Crippen LogP contribution is -2.63. The average Bonchev–Trinajstić information content (AvgIpc) is 3.17. The second-order valence-corrected chi connectivity index (χ2v) is 20.4. The average molecular weight is 682 g/mol. The van der Waals surface area contributed by atoms with Gasteiger partial charge in [-0.15, -0.1) is 0 Å². The van der Waals surface area contributed by atoms with Crippen LogP contribution in [0.25, 0.3) is 0 Å².